The van der Waals surface area contributed by atoms with E-state index in [4.69, 9.17) is 14.6 Å². The summed E-state index contributed by atoms with van der Waals surface area (Å²) in [6.07, 6.45) is -0.700. The predicted octanol–water partition coefficient (Wildman–Crippen LogP) is 2.52. The molecule has 0 aliphatic carbocycles. The first-order chi connectivity index (χ1) is 9.70. The summed E-state index contributed by atoms with van der Waals surface area (Å²) in [6.45, 7) is 6.69. The Kier molecular flexibility index (Phi) is 5.46. The Hall–Kier alpha value is -2.37. The molecule has 0 heterocycles. The third-order valence-corrected chi connectivity index (χ3v) is 2.34. The number of benzene rings is 1. The number of rotatable bonds is 5. The van der Waals surface area contributed by atoms with E-state index in [-0.39, 0.29) is 28.9 Å². The van der Waals surface area contributed by atoms with E-state index in [1.807, 2.05) is 0 Å². The fraction of sp³-hybridized carbons (Fsp3) is 0.400. The minimum absolute atomic E-state index is 0.000642. The molecule has 1 aromatic rings. The largest absolute Gasteiger partial charge is 0.478 e. The van der Waals surface area contributed by atoms with Gasteiger partial charge in [0.1, 0.15) is 0 Å². The summed E-state index contributed by atoms with van der Waals surface area (Å²) in [5.41, 5.74) is -0.178. The number of carbonyl (C=O) groups is 3. The summed E-state index contributed by atoms with van der Waals surface area (Å²) >= 11 is 0. The van der Waals surface area contributed by atoms with Gasteiger partial charge in [-0.1, -0.05) is 0 Å². The lowest BCUT2D eigenvalue weighted by Crippen LogP contribution is -2.16. The fourth-order valence-electron chi connectivity index (χ4n) is 1.55. The van der Waals surface area contributed by atoms with E-state index in [9.17, 15) is 14.4 Å². The van der Waals surface area contributed by atoms with Gasteiger partial charge >= 0.3 is 17.9 Å². The van der Waals surface area contributed by atoms with Crippen molar-refractivity contribution in [3.05, 3.63) is 34.9 Å². The van der Waals surface area contributed by atoms with Crippen molar-refractivity contribution >= 4 is 17.9 Å². The van der Waals surface area contributed by atoms with E-state index >= 15 is 0 Å². The zero-order valence-electron chi connectivity index (χ0n) is 12.4. The maximum absolute atomic E-state index is 11.9. The van der Waals surface area contributed by atoms with Gasteiger partial charge in [-0.3, -0.25) is 0 Å². The standard InChI is InChI=1S/C15H18O6/c1-8(2)20-14(18)11-5-10(13(16)17)6-12(7-11)15(19)21-9(3)4/h5-9H,1-4H3,(H,16,17). The van der Waals surface area contributed by atoms with Gasteiger partial charge in [-0.05, 0) is 45.9 Å². The quantitative estimate of drug-likeness (QED) is 0.839. The second-order valence-corrected chi connectivity index (χ2v) is 5.01. The predicted molar refractivity (Wildman–Crippen MR) is 74.5 cm³/mol. The minimum Gasteiger partial charge on any atom is -0.478 e. The molecule has 0 spiro atoms. The van der Waals surface area contributed by atoms with Gasteiger partial charge in [0.25, 0.3) is 0 Å². The summed E-state index contributed by atoms with van der Waals surface area (Å²) in [5, 5.41) is 9.06. The number of carboxylic acid groups (broad SMARTS) is 1. The van der Waals surface area contributed by atoms with Crippen molar-refractivity contribution < 1.29 is 29.0 Å². The molecule has 0 saturated carbocycles. The lowest BCUT2D eigenvalue weighted by atomic mass is 10.1. The molecule has 0 amide bonds. The second kappa shape index (κ2) is 6.88. The molecule has 21 heavy (non-hydrogen) atoms. The van der Waals surface area contributed by atoms with Crippen molar-refractivity contribution in [3.63, 3.8) is 0 Å². The van der Waals surface area contributed by atoms with Gasteiger partial charge in [-0.25, -0.2) is 14.4 Å². The third-order valence-electron chi connectivity index (χ3n) is 2.34. The fourth-order valence-corrected chi connectivity index (χ4v) is 1.55. The Balaban J connectivity index is 3.20. The zero-order valence-corrected chi connectivity index (χ0v) is 12.4. The SMILES string of the molecule is CC(C)OC(=O)c1cc(C(=O)O)cc(C(=O)OC(C)C)c1. The van der Waals surface area contributed by atoms with E-state index in [1.165, 1.54) is 18.2 Å². The molecule has 6 nitrogen and oxygen atoms in total. The third kappa shape index (κ3) is 4.91. The van der Waals surface area contributed by atoms with Crippen LogP contribution in [0.25, 0.3) is 0 Å². The summed E-state index contributed by atoms with van der Waals surface area (Å²) in [6, 6.07) is 3.60. The molecule has 0 fully saturated rings. The highest BCUT2D eigenvalue weighted by Gasteiger charge is 2.18. The zero-order chi connectivity index (χ0) is 16.2. The summed E-state index contributed by atoms with van der Waals surface area (Å²) in [7, 11) is 0. The Labute approximate surface area is 122 Å². The number of aromatic carboxylic acids is 1. The maximum atomic E-state index is 11.9. The van der Waals surface area contributed by atoms with Crippen LogP contribution in [0.2, 0.25) is 0 Å². The molecule has 1 N–H and O–H groups in total. The van der Waals surface area contributed by atoms with Crippen LogP contribution in [-0.2, 0) is 9.47 Å². The Morgan fingerprint density at radius 1 is 0.810 bits per heavy atom. The van der Waals surface area contributed by atoms with Crippen LogP contribution < -0.4 is 0 Å². The number of carbonyl (C=O) groups excluding carboxylic acids is 2. The lowest BCUT2D eigenvalue weighted by molar-refractivity contribution is 0.0377. The molecule has 6 heteroatoms. The molecule has 1 aromatic carbocycles. The van der Waals surface area contributed by atoms with E-state index in [1.54, 1.807) is 27.7 Å². The summed E-state index contributed by atoms with van der Waals surface area (Å²) in [4.78, 5) is 34.8. The van der Waals surface area contributed by atoms with Crippen molar-refractivity contribution in [1.82, 2.24) is 0 Å². The Morgan fingerprint density at radius 3 is 1.43 bits per heavy atom. The number of hydrogen-bond donors (Lipinski definition) is 1. The number of carboxylic acids is 1. The van der Waals surface area contributed by atoms with Crippen LogP contribution in [0.15, 0.2) is 18.2 Å². The van der Waals surface area contributed by atoms with Crippen LogP contribution in [0.4, 0.5) is 0 Å². The van der Waals surface area contributed by atoms with Crippen molar-refractivity contribution in [2.24, 2.45) is 0 Å². The van der Waals surface area contributed by atoms with Gasteiger partial charge in [0.05, 0.1) is 28.9 Å². The minimum atomic E-state index is -1.24. The molecule has 0 unspecified atom stereocenters. The van der Waals surface area contributed by atoms with Gasteiger partial charge < -0.3 is 14.6 Å². The van der Waals surface area contributed by atoms with E-state index in [0.29, 0.717) is 0 Å². The smallest absolute Gasteiger partial charge is 0.338 e. The lowest BCUT2D eigenvalue weighted by Gasteiger charge is -2.11. The van der Waals surface area contributed by atoms with E-state index in [2.05, 4.69) is 0 Å². The molecule has 1 rings (SSSR count). The van der Waals surface area contributed by atoms with Gasteiger partial charge in [0.2, 0.25) is 0 Å². The van der Waals surface area contributed by atoms with E-state index in [0.717, 1.165) is 0 Å². The molecule has 0 radical (unpaired) electrons. The highest BCUT2D eigenvalue weighted by atomic mass is 16.5. The monoisotopic (exact) mass is 294 g/mol. The maximum Gasteiger partial charge on any atom is 0.338 e. The van der Waals surface area contributed by atoms with Gasteiger partial charge in [-0.2, -0.15) is 0 Å². The number of hydrogen-bond acceptors (Lipinski definition) is 5. The normalized spacial score (nSPS) is 10.6. The van der Waals surface area contributed by atoms with Crippen molar-refractivity contribution in [3.8, 4) is 0 Å². The Bertz CT molecular complexity index is 519. The van der Waals surface area contributed by atoms with Crippen molar-refractivity contribution in [2.75, 3.05) is 0 Å². The molecule has 0 bridgehead atoms. The first-order valence-corrected chi connectivity index (χ1v) is 6.51. The average Bonchev–Trinajstić information content (AvgIpc) is 2.36. The van der Waals surface area contributed by atoms with Gasteiger partial charge in [0, 0.05) is 0 Å². The van der Waals surface area contributed by atoms with Crippen LogP contribution >= 0.6 is 0 Å². The van der Waals surface area contributed by atoms with Crippen molar-refractivity contribution in [1.29, 1.82) is 0 Å². The molecular weight excluding hydrogens is 276 g/mol. The van der Waals surface area contributed by atoms with Crippen LogP contribution in [0, 0.1) is 0 Å². The number of ether oxygens (including phenoxy) is 2. The summed E-state index contributed by atoms with van der Waals surface area (Å²) < 4.78 is 10.0. The van der Waals surface area contributed by atoms with Gasteiger partial charge in [0.15, 0.2) is 0 Å². The van der Waals surface area contributed by atoms with Crippen LogP contribution in [-0.4, -0.2) is 35.2 Å². The molecular formula is C15H18O6. The Morgan fingerprint density at radius 2 is 1.14 bits per heavy atom. The molecule has 114 valence electrons. The topological polar surface area (TPSA) is 89.9 Å². The van der Waals surface area contributed by atoms with Gasteiger partial charge in [-0.15, -0.1) is 0 Å². The molecule has 0 saturated heterocycles. The first kappa shape index (κ1) is 16.7. The highest BCUT2D eigenvalue weighted by Crippen LogP contribution is 2.14. The second-order valence-electron chi connectivity index (χ2n) is 5.01. The van der Waals surface area contributed by atoms with Crippen LogP contribution in [0.3, 0.4) is 0 Å². The molecule has 0 atom stereocenters. The first-order valence-electron chi connectivity index (χ1n) is 6.51. The number of esters is 2. The summed E-state index contributed by atoms with van der Waals surface area (Å²) in [5.74, 6) is -2.62. The van der Waals surface area contributed by atoms with Crippen LogP contribution in [0.5, 0.6) is 0 Å². The van der Waals surface area contributed by atoms with Crippen LogP contribution in [0.1, 0.15) is 58.8 Å². The average molecular weight is 294 g/mol. The molecule has 0 aliphatic rings. The van der Waals surface area contributed by atoms with E-state index < -0.39 is 17.9 Å². The molecule has 0 aromatic heterocycles. The molecule has 0 aliphatic heterocycles. The highest BCUT2D eigenvalue weighted by molar-refractivity contribution is 6.00. The van der Waals surface area contributed by atoms with Crippen molar-refractivity contribution in [2.45, 2.75) is 39.9 Å².